The zero-order chi connectivity index (χ0) is 23.0. The molecular formula is C24H23F3N4O. The van der Waals surface area contributed by atoms with Crippen molar-refractivity contribution in [3.63, 3.8) is 0 Å². The van der Waals surface area contributed by atoms with Gasteiger partial charge in [-0.1, -0.05) is 19.1 Å². The van der Waals surface area contributed by atoms with Gasteiger partial charge in [-0.25, -0.2) is 18.2 Å². The highest BCUT2D eigenvalue weighted by Gasteiger charge is 2.34. The van der Waals surface area contributed by atoms with Gasteiger partial charge in [0.2, 0.25) is 0 Å². The zero-order valence-corrected chi connectivity index (χ0v) is 17.9. The summed E-state index contributed by atoms with van der Waals surface area (Å²) in [4.78, 5) is 17.6. The van der Waals surface area contributed by atoms with Crippen molar-refractivity contribution in [2.45, 2.75) is 32.4 Å². The first-order valence-electron chi connectivity index (χ1n) is 10.2. The molecule has 3 aromatic rings. The second-order valence-corrected chi connectivity index (χ2v) is 7.82. The molecule has 1 aliphatic rings. The van der Waals surface area contributed by atoms with Crippen LogP contribution in [0.1, 0.15) is 47.3 Å². The lowest BCUT2D eigenvalue weighted by molar-refractivity contribution is 0.0144. The van der Waals surface area contributed by atoms with Crippen molar-refractivity contribution in [2.75, 3.05) is 12.4 Å². The fourth-order valence-electron chi connectivity index (χ4n) is 4.00. The molecule has 1 aromatic heterocycles. The topological polar surface area (TPSA) is 50.2 Å². The van der Waals surface area contributed by atoms with Gasteiger partial charge in [0, 0.05) is 43.2 Å². The van der Waals surface area contributed by atoms with Gasteiger partial charge in [-0.15, -0.1) is 0 Å². The maximum atomic E-state index is 14.4. The standard InChI is InChI=1S/C24H23F3N4O/c1-4-15-12-17(9-8-16(15)14-32)29-23-22-28-13-20(31(22)11-10-30(23)3)18-6-5-7-19(25)21(18)24(2,26)27/h5-14,23,29H,4H2,1-3H3. The summed E-state index contributed by atoms with van der Waals surface area (Å²) >= 11 is 0. The van der Waals surface area contributed by atoms with Gasteiger partial charge in [0.1, 0.15) is 12.1 Å². The molecule has 0 aliphatic carbocycles. The van der Waals surface area contributed by atoms with Crippen LogP contribution in [0.3, 0.4) is 0 Å². The fraction of sp³-hybridized carbons (Fsp3) is 0.250. The van der Waals surface area contributed by atoms with E-state index < -0.39 is 23.5 Å². The Morgan fingerprint density at radius 3 is 2.69 bits per heavy atom. The van der Waals surface area contributed by atoms with E-state index in [1.807, 2.05) is 31.0 Å². The molecule has 1 N–H and O–H groups in total. The summed E-state index contributed by atoms with van der Waals surface area (Å²) in [7, 11) is 1.86. The van der Waals surface area contributed by atoms with E-state index in [-0.39, 0.29) is 5.56 Å². The molecule has 0 amide bonds. The Bertz CT molecular complexity index is 1200. The van der Waals surface area contributed by atoms with E-state index in [1.165, 1.54) is 18.3 Å². The van der Waals surface area contributed by atoms with Crippen LogP contribution in [0.15, 0.2) is 48.8 Å². The number of nitrogens with one attached hydrogen (secondary N) is 1. The number of rotatable bonds is 6. The lowest BCUT2D eigenvalue weighted by Gasteiger charge is -2.32. The lowest BCUT2D eigenvalue weighted by atomic mass is 9.99. The molecule has 4 rings (SSSR count). The van der Waals surface area contributed by atoms with Crippen LogP contribution in [0.5, 0.6) is 0 Å². The first-order chi connectivity index (χ1) is 15.2. The summed E-state index contributed by atoms with van der Waals surface area (Å²) in [5, 5.41) is 3.39. The Morgan fingerprint density at radius 1 is 1.22 bits per heavy atom. The average Bonchev–Trinajstić information content (AvgIpc) is 3.18. The predicted octanol–water partition coefficient (Wildman–Crippen LogP) is 5.66. The van der Waals surface area contributed by atoms with Gasteiger partial charge in [0.15, 0.2) is 12.0 Å². The van der Waals surface area contributed by atoms with Crippen molar-refractivity contribution in [1.82, 2.24) is 14.5 Å². The monoisotopic (exact) mass is 440 g/mol. The molecule has 0 saturated heterocycles. The number of aryl methyl sites for hydroxylation is 1. The van der Waals surface area contributed by atoms with E-state index >= 15 is 0 Å². The third kappa shape index (κ3) is 3.77. The van der Waals surface area contributed by atoms with Gasteiger partial charge in [0.05, 0.1) is 17.5 Å². The Hall–Kier alpha value is -3.55. The molecule has 0 bridgehead atoms. The van der Waals surface area contributed by atoms with Gasteiger partial charge in [-0.2, -0.15) is 0 Å². The van der Waals surface area contributed by atoms with Crippen LogP contribution in [0, 0.1) is 5.82 Å². The Morgan fingerprint density at radius 2 is 2.00 bits per heavy atom. The smallest absolute Gasteiger partial charge is 0.273 e. The summed E-state index contributed by atoms with van der Waals surface area (Å²) in [5.74, 6) is -3.74. The number of anilines is 1. The number of fused-ring (bicyclic) bond motifs is 1. The molecule has 2 heterocycles. The van der Waals surface area contributed by atoms with E-state index in [2.05, 4.69) is 10.3 Å². The van der Waals surface area contributed by atoms with Crippen LogP contribution >= 0.6 is 0 Å². The predicted molar refractivity (Wildman–Crippen MR) is 118 cm³/mol. The molecule has 1 aliphatic heterocycles. The van der Waals surface area contributed by atoms with Crippen LogP contribution in [0.4, 0.5) is 18.9 Å². The lowest BCUT2D eigenvalue weighted by Crippen LogP contribution is -2.31. The van der Waals surface area contributed by atoms with Crippen molar-refractivity contribution < 1.29 is 18.0 Å². The number of imidazole rings is 1. The molecule has 1 unspecified atom stereocenters. The van der Waals surface area contributed by atoms with E-state index in [9.17, 15) is 18.0 Å². The van der Waals surface area contributed by atoms with E-state index in [0.29, 0.717) is 30.4 Å². The molecule has 0 fully saturated rings. The number of benzene rings is 2. The first-order valence-corrected chi connectivity index (χ1v) is 10.2. The van der Waals surface area contributed by atoms with Crippen molar-refractivity contribution >= 4 is 18.2 Å². The molecule has 0 radical (unpaired) electrons. The summed E-state index contributed by atoms with van der Waals surface area (Å²) in [6.07, 6.45) is 6.11. The third-order valence-electron chi connectivity index (χ3n) is 5.61. The van der Waals surface area contributed by atoms with E-state index in [1.54, 1.807) is 23.0 Å². The van der Waals surface area contributed by atoms with Gasteiger partial charge in [0.25, 0.3) is 5.92 Å². The minimum Gasteiger partial charge on any atom is -0.359 e. The Kier molecular flexibility index (Phi) is 5.54. The third-order valence-corrected chi connectivity index (χ3v) is 5.61. The number of aldehydes is 1. The average molecular weight is 440 g/mol. The summed E-state index contributed by atoms with van der Waals surface area (Å²) in [5.41, 5.74) is 2.15. The molecule has 1 atom stereocenters. The zero-order valence-electron chi connectivity index (χ0n) is 17.9. The number of halogens is 3. The van der Waals surface area contributed by atoms with Gasteiger partial charge in [-0.05, 0) is 36.2 Å². The molecule has 0 saturated carbocycles. The second-order valence-electron chi connectivity index (χ2n) is 7.82. The molecule has 2 aromatic carbocycles. The van der Waals surface area contributed by atoms with E-state index in [4.69, 9.17) is 0 Å². The molecule has 5 nitrogen and oxygen atoms in total. The summed E-state index contributed by atoms with van der Waals surface area (Å²) in [6.45, 7) is 2.66. The maximum absolute atomic E-state index is 14.4. The first kappa shape index (κ1) is 21.7. The molecule has 32 heavy (non-hydrogen) atoms. The summed E-state index contributed by atoms with van der Waals surface area (Å²) in [6, 6.07) is 9.40. The van der Waals surface area contributed by atoms with E-state index in [0.717, 1.165) is 23.6 Å². The van der Waals surface area contributed by atoms with Crippen LogP contribution in [0.25, 0.3) is 17.5 Å². The minimum atomic E-state index is -3.35. The molecule has 0 spiro atoms. The highest BCUT2D eigenvalue weighted by atomic mass is 19.3. The number of carbonyl (C=O) groups excluding carboxylic acids is 1. The number of hydrogen-bond acceptors (Lipinski definition) is 4. The van der Waals surface area contributed by atoms with Gasteiger partial charge < -0.3 is 10.2 Å². The number of carbonyl (C=O) groups is 1. The summed E-state index contributed by atoms with van der Waals surface area (Å²) < 4.78 is 44.5. The number of alkyl halides is 2. The quantitative estimate of drug-likeness (QED) is 0.503. The van der Waals surface area contributed by atoms with Crippen molar-refractivity contribution in [2.24, 2.45) is 0 Å². The number of nitrogens with zero attached hydrogens (tertiary/aromatic N) is 3. The Labute approximate surface area is 184 Å². The molecular weight excluding hydrogens is 417 g/mol. The van der Waals surface area contributed by atoms with Gasteiger partial charge >= 0.3 is 0 Å². The molecule has 8 heteroatoms. The fourth-order valence-corrected chi connectivity index (χ4v) is 4.00. The highest BCUT2D eigenvalue weighted by Crippen LogP contribution is 2.39. The van der Waals surface area contributed by atoms with Gasteiger partial charge in [-0.3, -0.25) is 9.36 Å². The highest BCUT2D eigenvalue weighted by molar-refractivity contribution is 5.78. The largest absolute Gasteiger partial charge is 0.359 e. The van der Waals surface area contributed by atoms with Crippen LogP contribution in [-0.2, 0) is 12.3 Å². The molecule has 166 valence electrons. The normalized spacial score (nSPS) is 15.6. The maximum Gasteiger partial charge on any atom is 0.273 e. The van der Waals surface area contributed by atoms with Crippen molar-refractivity contribution in [3.05, 3.63) is 77.1 Å². The SMILES string of the molecule is CCc1cc(NC2c3ncc(-c4cccc(F)c4C(C)(F)F)n3C=CN2C)ccc1C=O. The van der Waals surface area contributed by atoms with Crippen molar-refractivity contribution in [3.8, 4) is 11.3 Å². The number of hydrogen-bond donors (Lipinski definition) is 1. The van der Waals surface area contributed by atoms with Crippen LogP contribution < -0.4 is 5.32 Å². The second kappa shape index (κ2) is 8.18. The van der Waals surface area contributed by atoms with Crippen LogP contribution in [0.2, 0.25) is 0 Å². The number of aromatic nitrogens is 2. The van der Waals surface area contributed by atoms with Crippen molar-refractivity contribution in [1.29, 1.82) is 0 Å². The van der Waals surface area contributed by atoms with Crippen LogP contribution in [-0.4, -0.2) is 27.8 Å². The Balaban J connectivity index is 1.76. The minimum absolute atomic E-state index is 0.0906.